The van der Waals surface area contributed by atoms with Crippen molar-refractivity contribution in [2.24, 2.45) is 0 Å². The number of aromatic nitrogens is 3. The number of carbonyl (C=O) groups excluding carboxylic acids is 1. The molecule has 0 bridgehead atoms. The lowest BCUT2D eigenvalue weighted by Crippen LogP contribution is -2.36. The van der Waals surface area contributed by atoms with Gasteiger partial charge in [0.05, 0.1) is 6.20 Å². The molecule has 6 heteroatoms. The van der Waals surface area contributed by atoms with Crippen LogP contribution in [0.25, 0.3) is 5.65 Å². The van der Waals surface area contributed by atoms with Crippen LogP contribution in [0.5, 0.6) is 0 Å². The van der Waals surface area contributed by atoms with Crippen molar-refractivity contribution >= 4 is 17.4 Å². The summed E-state index contributed by atoms with van der Waals surface area (Å²) in [6.45, 7) is 0.783. The predicted molar refractivity (Wildman–Crippen MR) is 106 cm³/mol. The number of rotatable bonds is 6. The van der Waals surface area contributed by atoms with E-state index >= 15 is 0 Å². The molecule has 6 nitrogen and oxygen atoms in total. The first kappa shape index (κ1) is 17.5. The van der Waals surface area contributed by atoms with E-state index in [1.165, 1.54) is 24.8 Å². The van der Waals surface area contributed by atoms with E-state index in [1.54, 1.807) is 10.7 Å². The van der Waals surface area contributed by atoms with E-state index < -0.39 is 0 Å². The van der Waals surface area contributed by atoms with E-state index in [2.05, 4.69) is 32.8 Å². The standard InChI is InChI=1S/C21H25N5O/c27-21(24-17-9-5-2-6-10-17)18-15-23-26-14-12-19(25-20(18)26)22-13-11-16-7-3-1-4-8-16/h1,3-4,7-8,12,14-15,17H,2,5-6,9-11,13H2,(H,22,25)(H,24,27). The topological polar surface area (TPSA) is 71.3 Å². The van der Waals surface area contributed by atoms with Gasteiger partial charge in [-0.3, -0.25) is 4.79 Å². The Bertz CT molecular complexity index is 899. The maximum Gasteiger partial charge on any atom is 0.256 e. The van der Waals surface area contributed by atoms with Crippen LogP contribution in [0, 0.1) is 0 Å². The molecule has 1 fully saturated rings. The van der Waals surface area contributed by atoms with Crippen LogP contribution in [0.15, 0.2) is 48.8 Å². The molecule has 0 aliphatic heterocycles. The second-order valence-corrected chi connectivity index (χ2v) is 7.11. The highest BCUT2D eigenvalue weighted by Gasteiger charge is 2.20. The Morgan fingerprint density at radius 2 is 1.93 bits per heavy atom. The fourth-order valence-corrected chi connectivity index (χ4v) is 3.62. The molecule has 140 valence electrons. The highest BCUT2D eigenvalue weighted by Crippen LogP contribution is 2.19. The van der Waals surface area contributed by atoms with E-state index in [1.807, 2.05) is 30.5 Å². The smallest absolute Gasteiger partial charge is 0.256 e. The van der Waals surface area contributed by atoms with Crippen LogP contribution in [-0.2, 0) is 6.42 Å². The maximum absolute atomic E-state index is 12.7. The largest absolute Gasteiger partial charge is 0.370 e. The van der Waals surface area contributed by atoms with Crippen LogP contribution in [0.2, 0.25) is 0 Å². The van der Waals surface area contributed by atoms with Gasteiger partial charge in [-0.1, -0.05) is 49.6 Å². The first-order chi connectivity index (χ1) is 13.3. The summed E-state index contributed by atoms with van der Waals surface area (Å²) in [7, 11) is 0. The molecule has 2 aromatic heterocycles. The van der Waals surface area contributed by atoms with Gasteiger partial charge in [-0.05, 0) is 30.9 Å². The molecule has 2 N–H and O–H groups in total. The third-order valence-corrected chi connectivity index (χ3v) is 5.12. The Labute approximate surface area is 159 Å². The number of benzene rings is 1. The van der Waals surface area contributed by atoms with Crippen molar-refractivity contribution in [3.05, 3.63) is 59.9 Å². The Kier molecular flexibility index (Phi) is 5.32. The molecule has 0 radical (unpaired) electrons. The average Bonchev–Trinajstić information content (AvgIpc) is 3.13. The number of fused-ring (bicyclic) bond motifs is 1. The van der Waals surface area contributed by atoms with Gasteiger partial charge in [0.25, 0.3) is 5.91 Å². The number of anilines is 1. The van der Waals surface area contributed by atoms with E-state index in [9.17, 15) is 4.79 Å². The van der Waals surface area contributed by atoms with E-state index in [0.29, 0.717) is 11.2 Å². The average molecular weight is 363 g/mol. The molecule has 1 amide bonds. The second-order valence-electron chi connectivity index (χ2n) is 7.11. The minimum Gasteiger partial charge on any atom is -0.370 e. The second kappa shape index (κ2) is 8.20. The normalized spacial score (nSPS) is 15.0. The van der Waals surface area contributed by atoms with Gasteiger partial charge in [-0.15, -0.1) is 0 Å². The van der Waals surface area contributed by atoms with E-state index in [0.717, 1.165) is 31.6 Å². The Balaban J connectivity index is 1.43. The van der Waals surface area contributed by atoms with Crippen molar-refractivity contribution in [2.75, 3.05) is 11.9 Å². The summed E-state index contributed by atoms with van der Waals surface area (Å²) in [4.78, 5) is 17.3. The number of hydrogen-bond acceptors (Lipinski definition) is 4. The Hall–Kier alpha value is -2.89. The van der Waals surface area contributed by atoms with Crippen molar-refractivity contribution in [3.63, 3.8) is 0 Å². The molecule has 1 aromatic carbocycles. The van der Waals surface area contributed by atoms with Crippen molar-refractivity contribution < 1.29 is 4.79 Å². The summed E-state index contributed by atoms with van der Waals surface area (Å²) in [6.07, 6.45) is 10.1. The van der Waals surface area contributed by atoms with Crippen LogP contribution in [0.3, 0.4) is 0 Å². The van der Waals surface area contributed by atoms with E-state index in [-0.39, 0.29) is 11.9 Å². The van der Waals surface area contributed by atoms with Gasteiger partial charge in [0.15, 0.2) is 5.65 Å². The number of nitrogens with zero attached hydrogens (tertiary/aromatic N) is 3. The molecule has 1 aliphatic carbocycles. The minimum absolute atomic E-state index is 0.0779. The predicted octanol–water partition coefficient (Wildman–Crippen LogP) is 3.45. The van der Waals surface area contributed by atoms with Gasteiger partial charge >= 0.3 is 0 Å². The number of nitrogens with one attached hydrogen (secondary N) is 2. The molecule has 1 aliphatic rings. The van der Waals surface area contributed by atoms with Crippen molar-refractivity contribution in [3.8, 4) is 0 Å². The number of hydrogen-bond donors (Lipinski definition) is 2. The first-order valence-corrected chi connectivity index (χ1v) is 9.72. The lowest BCUT2D eigenvalue weighted by Gasteiger charge is -2.22. The zero-order valence-electron chi connectivity index (χ0n) is 15.4. The molecular weight excluding hydrogens is 338 g/mol. The molecular formula is C21H25N5O. The fourth-order valence-electron chi connectivity index (χ4n) is 3.62. The van der Waals surface area contributed by atoms with Crippen LogP contribution in [0.1, 0.15) is 48.0 Å². The zero-order valence-corrected chi connectivity index (χ0v) is 15.4. The molecule has 4 rings (SSSR count). The van der Waals surface area contributed by atoms with Crippen LogP contribution < -0.4 is 10.6 Å². The summed E-state index contributed by atoms with van der Waals surface area (Å²) in [6, 6.07) is 12.5. The molecule has 1 saturated carbocycles. The van der Waals surface area contributed by atoms with Gasteiger partial charge < -0.3 is 10.6 Å². The lowest BCUT2D eigenvalue weighted by atomic mass is 9.95. The van der Waals surface area contributed by atoms with Gasteiger partial charge in [-0.2, -0.15) is 5.10 Å². The van der Waals surface area contributed by atoms with Gasteiger partial charge in [-0.25, -0.2) is 9.50 Å². The van der Waals surface area contributed by atoms with Crippen LogP contribution in [-0.4, -0.2) is 33.1 Å². The summed E-state index contributed by atoms with van der Waals surface area (Å²) in [5.41, 5.74) is 2.41. The minimum atomic E-state index is -0.0779. The maximum atomic E-state index is 12.7. The lowest BCUT2D eigenvalue weighted by molar-refractivity contribution is 0.0929. The molecule has 0 atom stereocenters. The first-order valence-electron chi connectivity index (χ1n) is 9.72. The molecule has 2 heterocycles. The summed E-state index contributed by atoms with van der Waals surface area (Å²) in [5, 5.41) is 10.8. The Morgan fingerprint density at radius 1 is 1.11 bits per heavy atom. The number of carbonyl (C=O) groups is 1. The van der Waals surface area contributed by atoms with Gasteiger partial charge in [0, 0.05) is 18.8 Å². The van der Waals surface area contributed by atoms with Crippen molar-refractivity contribution in [1.29, 1.82) is 0 Å². The summed E-state index contributed by atoms with van der Waals surface area (Å²) >= 11 is 0. The van der Waals surface area contributed by atoms with Crippen molar-refractivity contribution in [2.45, 2.75) is 44.6 Å². The molecule has 0 spiro atoms. The fraction of sp³-hybridized carbons (Fsp3) is 0.381. The van der Waals surface area contributed by atoms with E-state index in [4.69, 9.17) is 0 Å². The highest BCUT2D eigenvalue weighted by molar-refractivity contribution is 5.99. The summed E-state index contributed by atoms with van der Waals surface area (Å²) in [5.74, 6) is 0.677. The van der Waals surface area contributed by atoms with Gasteiger partial charge in [0.2, 0.25) is 0 Å². The highest BCUT2D eigenvalue weighted by atomic mass is 16.1. The number of amides is 1. The van der Waals surface area contributed by atoms with Crippen molar-refractivity contribution in [1.82, 2.24) is 19.9 Å². The third-order valence-electron chi connectivity index (χ3n) is 5.12. The molecule has 27 heavy (non-hydrogen) atoms. The molecule has 3 aromatic rings. The van der Waals surface area contributed by atoms with Gasteiger partial charge in [0.1, 0.15) is 11.4 Å². The SMILES string of the molecule is O=C(NC1CCCCC1)c1cnn2ccc(NCCc3ccccc3)nc12. The zero-order chi connectivity index (χ0) is 18.5. The third kappa shape index (κ3) is 4.27. The molecule has 0 unspecified atom stereocenters. The summed E-state index contributed by atoms with van der Waals surface area (Å²) < 4.78 is 1.65. The Morgan fingerprint density at radius 3 is 2.74 bits per heavy atom. The quantitative estimate of drug-likeness (QED) is 0.704. The van der Waals surface area contributed by atoms with Crippen LogP contribution in [0.4, 0.5) is 5.82 Å². The van der Waals surface area contributed by atoms with Crippen LogP contribution >= 0.6 is 0 Å². The molecule has 0 saturated heterocycles. The monoisotopic (exact) mass is 363 g/mol.